The Balaban J connectivity index is 1.62. The number of furan rings is 1. The van der Waals surface area contributed by atoms with Crippen LogP contribution in [-0.2, 0) is 0 Å². The first kappa shape index (κ1) is 17.8. The molecule has 0 aliphatic carbocycles. The van der Waals surface area contributed by atoms with Crippen molar-refractivity contribution in [1.29, 1.82) is 0 Å². The number of para-hydroxylation sites is 1. The zero-order chi connectivity index (χ0) is 19.7. The van der Waals surface area contributed by atoms with Gasteiger partial charge < -0.3 is 14.5 Å². The van der Waals surface area contributed by atoms with Crippen LogP contribution in [0.5, 0.6) is 5.75 Å². The summed E-state index contributed by atoms with van der Waals surface area (Å²) < 4.78 is 12.8. The van der Waals surface area contributed by atoms with Crippen LogP contribution in [0.25, 0.3) is 16.6 Å². The Kier molecular flexibility index (Phi) is 4.57. The lowest BCUT2D eigenvalue weighted by molar-refractivity contribution is 0.0933. The highest BCUT2D eigenvalue weighted by Crippen LogP contribution is 2.31. The molecule has 7 heteroatoms. The Hall–Kier alpha value is -3.61. The first-order valence-corrected chi connectivity index (χ1v) is 9.01. The highest BCUT2D eigenvalue weighted by Gasteiger charge is 2.19. The summed E-state index contributed by atoms with van der Waals surface area (Å²) in [6, 6.07) is 12.3. The Bertz CT molecular complexity index is 1230. The fourth-order valence-corrected chi connectivity index (χ4v) is 3.07. The van der Waals surface area contributed by atoms with Gasteiger partial charge in [0, 0.05) is 17.8 Å². The van der Waals surface area contributed by atoms with Crippen LogP contribution in [0, 0.1) is 0 Å². The molecule has 0 radical (unpaired) electrons. The van der Waals surface area contributed by atoms with Gasteiger partial charge in [-0.15, -0.1) is 0 Å². The normalized spacial score (nSPS) is 12.2. The predicted molar refractivity (Wildman–Crippen MR) is 105 cm³/mol. The summed E-state index contributed by atoms with van der Waals surface area (Å²) in [5.41, 5.74) is 0.672. The van der Waals surface area contributed by atoms with Gasteiger partial charge in [-0.05, 0) is 38.1 Å². The van der Waals surface area contributed by atoms with Gasteiger partial charge in [0.05, 0.1) is 12.6 Å². The molecule has 28 heavy (non-hydrogen) atoms. The van der Waals surface area contributed by atoms with Crippen LogP contribution in [0.3, 0.4) is 0 Å². The number of ether oxygens (including phenoxy) is 1. The van der Waals surface area contributed by atoms with E-state index >= 15 is 0 Å². The molecule has 0 saturated heterocycles. The summed E-state index contributed by atoms with van der Waals surface area (Å²) in [7, 11) is 0. The number of nitrogens with zero attached hydrogens (tertiary/aromatic N) is 2. The van der Waals surface area contributed by atoms with E-state index in [0.717, 1.165) is 5.39 Å². The maximum Gasteiger partial charge on any atom is 0.270 e. The third-order valence-corrected chi connectivity index (χ3v) is 4.46. The molecule has 1 unspecified atom stereocenters. The third-order valence-electron chi connectivity index (χ3n) is 4.46. The van der Waals surface area contributed by atoms with Crippen molar-refractivity contribution < 1.29 is 13.9 Å². The molecule has 1 aromatic carbocycles. The minimum absolute atomic E-state index is 0.0262. The molecule has 3 heterocycles. The molecule has 0 aliphatic heterocycles. The van der Waals surface area contributed by atoms with Crippen LogP contribution in [0.2, 0.25) is 0 Å². The fourth-order valence-electron chi connectivity index (χ4n) is 3.07. The minimum atomic E-state index is -0.506. The van der Waals surface area contributed by atoms with E-state index in [2.05, 4.69) is 10.3 Å². The molecule has 3 aromatic heterocycles. The first-order valence-electron chi connectivity index (χ1n) is 9.01. The molecule has 1 atom stereocenters. The number of aromatic nitrogens is 2. The molecule has 0 fully saturated rings. The number of carbonyl (C=O) groups excluding carboxylic acids is 1. The summed E-state index contributed by atoms with van der Waals surface area (Å²) in [6.07, 6.45) is 2.88. The van der Waals surface area contributed by atoms with Crippen molar-refractivity contribution >= 4 is 22.5 Å². The van der Waals surface area contributed by atoms with Gasteiger partial charge >= 0.3 is 0 Å². The lowest BCUT2D eigenvalue weighted by Gasteiger charge is -2.11. The van der Waals surface area contributed by atoms with E-state index in [1.54, 1.807) is 31.3 Å². The lowest BCUT2D eigenvalue weighted by atomic mass is 10.2. The molecular formula is C21H19N3O4. The largest absolute Gasteiger partial charge is 0.490 e. The molecule has 0 bridgehead atoms. The van der Waals surface area contributed by atoms with Crippen LogP contribution in [0.15, 0.2) is 64.1 Å². The monoisotopic (exact) mass is 377 g/mol. The number of rotatable bonds is 5. The number of pyridine rings is 1. The number of hydrogen-bond donors (Lipinski definition) is 1. The van der Waals surface area contributed by atoms with Crippen LogP contribution < -0.4 is 15.6 Å². The van der Waals surface area contributed by atoms with Crippen LogP contribution in [0.4, 0.5) is 0 Å². The molecule has 0 spiro atoms. The number of benzene rings is 1. The van der Waals surface area contributed by atoms with E-state index in [1.165, 1.54) is 10.6 Å². The van der Waals surface area contributed by atoms with Gasteiger partial charge in [-0.2, -0.15) is 0 Å². The molecule has 0 saturated carbocycles. The van der Waals surface area contributed by atoms with E-state index in [9.17, 15) is 9.59 Å². The zero-order valence-electron chi connectivity index (χ0n) is 15.5. The standard InChI is InChI=1S/C21H19N3O4/c1-3-27-16-8-6-7-14-11-17(28-19(14)16)13(2)23-20(25)15-12-22-18-9-4-5-10-24(18)21(15)26/h4-13H,3H2,1-2H3,(H,23,25). The van der Waals surface area contributed by atoms with Crippen molar-refractivity contribution in [3.8, 4) is 5.75 Å². The van der Waals surface area contributed by atoms with Gasteiger partial charge in [-0.3, -0.25) is 14.0 Å². The SMILES string of the molecule is CCOc1cccc2cc(C(C)NC(=O)c3cnc4ccccn4c3=O)oc12. The van der Waals surface area contributed by atoms with Gasteiger partial charge in [0.15, 0.2) is 11.3 Å². The van der Waals surface area contributed by atoms with Crippen molar-refractivity contribution in [2.45, 2.75) is 19.9 Å². The summed E-state index contributed by atoms with van der Waals surface area (Å²) >= 11 is 0. The highest BCUT2D eigenvalue weighted by molar-refractivity contribution is 5.94. The molecule has 4 aromatic rings. The number of amides is 1. The molecule has 0 aliphatic rings. The van der Waals surface area contributed by atoms with E-state index < -0.39 is 17.5 Å². The summed E-state index contributed by atoms with van der Waals surface area (Å²) in [4.78, 5) is 29.4. The van der Waals surface area contributed by atoms with Crippen molar-refractivity contribution in [3.63, 3.8) is 0 Å². The molecule has 4 rings (SSSR count). The average Bonchev–Trinajstić information content (AvgIpc) is 3.14. The second kappa shape index (κ2) is 7.19. The van der Waals surface area contributed by atoms with Crippen LogP contribution in [0.1, 0.15) is 36.0 Å². The number of fused-ring (bicyclic) bond motifs is 2. The Morgan fingerprint density at radius 1 is 1.29 bits per heavy atom. The quantitative estimate of drug-likeness (QED) is 0.577. The van der Waals surface area contributed by atoms with Gasteiger partial charge in [-0.25, -0.2) is 4.98 Å². The fraction of sp³-hybridized carbons (Fsp3) is 0.190. The molecule has 1 N–H and O–H groups in total. The number of nitrogens with one attached hydrogen (secondary N) is 1. The highest BCUT2D eigenvalue weighted by atomic mass is 16.5. The molecular weight excluding hydrogens is 358 g/mol. The maximum absolute atomic E-state index is 12.6. The van der Waals surface area contributed by atoms with Crippen molar-refractivity contribution in [3.05, 3.63) is 76.5 Å². The third kappa shape index (κ3) is 3.11. The van der Waals surface area contributed by atoms with Crippen molar-refractivity contribution in [1.82, 2.24) is 14.7 Å². The Labute approximate surface area is 160 Å². The lowest BCUT2D eigenvalue weighted by Crippen LogP contribution is -2.33. The van der Waals surface area contributed by atoms with Crippen molar-refractivity contribution in [2.75, 3.05) is 6.61 Å². The van der Waals surface area contributed by atoms with E-state index in [0.29, 0.717) is 29.3 Å². The number of carbonyl (C=O) groups is 1. The summed E-state index contributed by atoms with van der Waals surface area (Å²) in [5, 5.41) is 3.69. The molecule has 142 valence electrons. The molecule has 1 amide bonds. The van der Waals surface area contributed by atoms with Gasteiger partial charge in [0.2, 0.25) is 0 Å². The number of hydrogen-bond acceptors (Lipinski definition) is 5. The van der Waals surface area contributed by atoms with E-state index in [1.807, 2.05) is 31.2 Å². The van der Waals surface area contributed by atoms with Gasteiger partial charge in [-0.1, -0.05) is 18.2 Å². The summed E-state index contributed by atoms with van der Waals surface area (Å²) in [5.74, 6) is 0.722. The smallest absolute Gasteiger partial charge is 0.270 e. The zero-order valence-corrected chi connectivity index (χ0v) is 15.5. The molecule has 7 nitrogen and oxygen atoms in total. The Morgan fingerprint density at radius 2 is 2.14 bits per heavy atom. The van der Waals surface area contributed by atoms with Crippen LogP contribution >= 0.6 is 0 Å². The van der Waals surface area contributed by atoms with E-state index in [-0.39, 0.29) is 5.56 Å². The second-order valence-electron chi connectivity index (χ2n) is 6.36. The topological polar surface area (TPSA) is 85.8 Å². The Morgan fingerprint density at radius 3 is 2.96 bits per heavy atom. The minimum Gasteiger partial charge on any atom is -0.490 e. The summed E-state index contributed by atoms with van der Waals surface area (Å²) in [6.45, 7) is 4.23. The second-order valence-corrected chi connectivity index (χ2v) is 6.36. The average molecular weight is 377 g/mol. The van der Waals surface area contributed by atoms with Gasteiger partial charge in [0.25, 0.3) is 11.5 Å². The predicted octanol–water partition coefficient (Wildman–Crippen LogP) is 3.33. The van der Waals surface area contributed by atoms with Crippen molar-refractivity contribution in [2.24, 2.45) is 0 Å². The first-order chi connectivity index (χ1) is 13.6. The maximum atomic E-state index is 12.6. The van der Waals surface area contributed by atoms with E-state index in [4.69, 9.17) is 9.15 Å². The van der Waals surface area contributed by atoms with Gasteiger partial charge in [0.1, 0.15) is 17.0 Å². The van der Waals surface area contributed by atoms with Crippen LogP contribution in [-0.4, -0.2) is 21.9 Å².